The number of nitrogens with zero attached hydrogens (tertiary/aromatic N) is 2. The molecule has 1 fully saturated rings. The van der Waals surface area contributed by atoms with Crippen molar-refractivity contribution in [2.45, 2.75) is 20.8 Å². The van der Waals surface area contributed by atoms with Gasteiger partial charge in [-0.15, -0.1) is 0 Å². The molecule has 160 valence electrons. The third-order valence-corrected chi connectivity index (χ3v) is 5.28. The van der Waals surface area contributed by atoms with E-state index >= 15 is 0 Å². The Morgan fingerprint density at radius 2 is 1.73 bits per heavy atom. The van der Waals surface area contributed by atoms with Crippen LogP contribution in [0.1, 0.15) is 31.1 Å². The van der Waals surface area contributed by atoms with E-state index in [9.17, 15) is 9.59 Å². The average molecular weight is 430 g/mol. The van der Waals surface area contributed by atoms with E-state index in [2.05, 4.69) is 24.1 Å². The Morgan fingerprint density at radius 3 is 2.33 bits per heavy atom. The molecule has 30 heavy (non-hydrogen) atoms. The van der Waals surface area contributed by atoms with Crippen molar-refractivity contribution in [1.29, 1.82) is 0 Å². The zero-order valence-electron chi connectivity index (χ0n) is 17.7. The number of halogens is 1. The fourth-order valence-electron chi connectivity index (χ4n) is 3.34. The van der Waals surface area contributed by atoms with E-state index in [0.29, 0.717) is 55.0 Å². The second-order valence-corrected chi connectivity index (χ2v) is 8.22. The summed E-state index contributed by atoms with van der Waals surface area (Å²) in [5.74, 6) is 1.04. The molecule has 7 heteroatoms. The van der Waals surface area contributed by atoms with Crippen LogP contribution in [0.4, 0.5) is 11.4 Å². The molecule has 6 nitrogen and oxygen atoms in total. The molecule has 1 N–H and O–H groups in total. The first-order valence-corrected chi connectivity index (χ1v) is 10.6. The Hall–Kier alpha value is -2.73. The number of para-hydroxylation sites is 1. The number of anilines is 2. The van der Waals surface area contributed by atoms with Crippen molar-refractivity contribution in [2.24, 2.45) is 5.92 Å². The summed E-state index contributed by atoms with van der Waals surface area (Å²) in [7, 11) is 0. The molecule has 2 amide bonds. The van der Waals surface area contributed by atoms with E-state index in [1.165, 1.54) is 0 Å². The molecule has 1 saturated heterocycles. The minimum atomic E-state index is -0.212. The van der Waals surface area contributed by atoms with Crippen LogP contribution in [0, 0.1) is 5.92 Å². The minimum absolute atomic E-state index is 0.0724. The highest BCUT2D eigenvalue weighted by molar-refractivity contribution is 6.34. The SMILES string of the molecule is CC(=O)N1CCN(c2c(Cl)cccc2NC(=O)c2ccc(OCC(C)C)cc2)CC1. The van der Waals surface area contributed by atoms with Crippen LogP contribution in [-0.4, -0.2) is 49.5 Å². The molecular formula is C23H28ClN3O3. The van der Waals surface area contributed by atoms with Crippen molar-refractivity contribution in [3.05, 3.63) is 53.1 Å². The van der Waals surface area contributed by atoms with Gasteiger partial charge in [-0.2, -0.15) is 0 Å². The van der Waals surface area contributed by atoms with Crippen molar-refractivity contribution in [3.8, 4) is 5.75 Å². The second-order valence-electron chi connectivity index (χ2n) is 7.81. The van der Waals surface area contributed by atoms with Gasteiger partial charge in [-0.3, -0.25) is 9.59 Å². The van der Waals surface area contributed by atoms with Crippen LogP contribution < -0.4 is 15.0 Å². The highest BCUT2D eigenvalue weighted by Gasteiger charge is 2.23. The Balaban J connectivity index is 1.72. The number of rotatable bonds is 6. The Bertz CT molecular complexity index is 891. The van der Waals surface area contributed by atoms with Crippen LogP contribution >= 0.6 is 11.6 Å². The zero-order valence-corrected chi connectivity index (χ0v) is 18.4. The molecule has 0 unspecified atom stereocenters. The van der Waals surface area contributed by atoms with Gasteiger partial charge in [0.25, 0.3) is 5.91 Å². The quantitative estimate of drug-likeness (QED) is 0.743. The molecule has 2 aromatic rings. The van der Waals surface area contributed by atoms with Crippen molar-refractivity contribution in [2.75, 3.05) is 43.0 Å². The van der Waals surface area contributed by atoms with Gasteiger partial charge in [0, 0.05) is 38.7 Å². The van der Waals surface area contributed by atoms with Crippen LogP contribution in [-0.2, 0) is 4.79 Å². The summed E-state index contributed by atoms with van der Waals surface area (Å²) in [6, 6.07) is 12.6. The lowest BCUT2D eigenvalue weighted by Crippen LogP contribution is -2.48. The standard InChI is InChI=1S/C23H28ClN3O3/c1-16(2)15-30-19-9-7-18(8-10-19)23(29)25-21-6-4-5-20(24)22(21)27-13-11-26(12-14-27)17(3)28/h4-10,16H,11-15H2,1-3H3,(H,25,29). The van der Waals surface area contributed by atoms with E-state index < -0.39 is 0 Å². The van der Waals surface area contributed by atoms with Gasteiger partial charge in [0.1, 0.15) is 5.75 Å². The van der Waals surface area contributed by atoms with Crippen molar-refractivity contribution in [1.82, 2.24) is 4.90 Å². The summed E-state index contributed by atoms with van der Waals surface area (Å²) in [5, 5.41) is 3.55. The summed E-state index contributed by atoms with van der Waals surface area (Å²) in [6.45, 7) is 8.97. The number of carbonyl (C=O) groups is 2. The fourth-order valence-corrected chi connectivity index (χ4v) is 3.64. The van der Waals surface area contributed by atoms with Crippen LogP contribution in [0.15, 0.2) is 42.5 Å². The highest BCUT2D eigenvalue weighted by atomic mass is 35.5. The van der Waals surface area contributed by atoms with Gasteiger partial charge in [0.05, 0.1) is 23.0 Å². The number of piperazine rings is 1. The summed E-state index contributed by atoms with van der Waals surface area (Å²) in [5.41, 5.74) is 1.98. The van der Waals surface area contributed by atoms with Crippen LogP contribution in [0.2, 0.25) is 5.02 Å². The van der Waals surface area contributed by atoms with Crippen LogP contribution in [0.25, 0.3) is 0 Å². The first-order chi connectivity index (χ1) is 14.3. The van der Waals surface area contributed by atoms with E-state index in [-0.39, 0.29) is 11.8 Å². The van der Waals surface area contributed by atoms with E-state index in [1.807, 2.05) is 23.1 Å². The molecule has 1 aliphatic rings. The number of hydrogen-bond donors (Lipinski definition) is 1. The van der Waals surface area contributed by atoms with Gasteiger partial charge in [0.2, 0.25) is 5.91 Å². The molecule has 0 saturated carbocycles. The summed E-state index contributed by atoms with van der Waals surface area (Å²) >= 11 is 6.48. The number of nitrogens with one attached hydrogen (secondary N) is 1. The number of benzene rings is 2. The summed E-state index contributed by atoms with van der Waals surface area (Å²) < 4.78 is 5.68. The summed E-state index contributed by atoms with van der Waals surface area (Å²) in [6.07, 6.45) is 0. The molecular weight excluding hydrogens is 402 g/mol. The first-order valence-electron chi connectivity index (χ1n) is 10.2. The lowest BCUT2D eigenvalue weighted by Gasteiger charge is -2.37. The number of carbonyl (C=O) groups excluding carboxylic acids is 2. The van der Waals surface area contributed by atoms with Gasteiger partial charge >= 0.3 is 0 Å². The van der Waals surface area contributed by atoms with Crippen molar-refractivity contribution < 1.29 is 14.3 Å². The molecule has 0 atom stereocenters. The number of amides is 2. The minimum Gasteiger partial charge on any atom is -0.493 e. The maximum absolute atomic E-state index is 12.8. The Morgan fingerprint density at radius 1 is 1.07 bits per heavy atom. The molecule has 0 spiro atoms. The molecule has 1 aliphatic heterocycles. The van der Waals surface area contributed by atoms with Gasteiger partial charge < -0.3 is 19.9 Å². The summed E-state index contributed by atoms with van der Waals surface area (Å²) in [4.78, 5) is 28.3. The molecule has 0 radical (unpaired) electrons. The van der Waals surface area contributed by atoms with Crippen LogP contribution in [0.3, 0.4) is 0 Å². The zero-order chi connectivity index (χ0) is 21.7. The van der Waals surface area contributed by atoms with E-state index in [1.54, 1.807) is 31.2 Å². The van der Waals surface area contributed by atoms with Gasteiger partial charge in [-0.1, -0.05) is 31.5 Å². The number of ether oxygens (including phenoxy) is 1. The van der Waals surface area contributed by atoms with Crippen molar-refractivity contribution >= 4 is 34.8 Å². The Kier molecular flexibility index (Phi) is 7.21. The maximum Gasteiger partial charge on any atom is 0.255 e. The second kappa shape index (κ2) is 9.85. The molecule has 1 heterocycles. The topological polar surface area (TPSA) is 61.9 Å². The van der Waals surface area contributed by atoms with Crippen molar-refractivity contribution in [3.63, 3.8) is 0 Å². The molecule has 0 aromatic heterocycles. The largest absolute Gasteiger partial charge is 0.493 e. The molecule has 0 aliphatic carbocycles. The predicted molar refractivity (Wildman–Crippen MR) is 121 cm³/mol. The van der Waals surface area contributed by atoms with E-state index in [0.717, 1.165) is 11.4 Å². The predicted octanol–water partition coefficient (Wildman–Crippen LogP) is 4.30. The average Bonchev–Trinajstić information content (AvgIpc) is 2.73. The van der Waals surface area contributed by atoms with E-state index in [4.69, 9.17) is 16.3 Å². The molecule has 2 aromatic carbocycles. The third-order valence-electron chi connectivity index (χ3n) is 4.98. The first kappa shape index (κ1) is 22.0. The third kappa shape index (κ3) is 5.45. The Labute approximate surface area is 182 Å². The lowest BCUT2D eigenvalue weighted by atomic mass is 10.1. The van der Waals surface area contributed by atoms with Gasteiger partial charge in [-0.25, -0.2) is 0 Å². The smallest absolute Gasteiger partial charge is 0.255 e. The lowest BCUT2D eigenvalue weighted by molar-refractivity contribution is -0.129. The normalized spacial score (nSPS) is 14.0. The number of hydrogen-bond acceptors (Lipinski definition) is 4. The molecule has 0 bridgehead atoms. The maximum atomic E-state index is 12.8. The monoisotopic (exact) mass is 429 g/mol. The van der Waals surface area contributed by atoms with Gasteiger partial charge in [-0.05, 0) is 42.3 Å². The van der Waals surface area contributed by atoms with Crippen LogP contribution in [0.5, 0.6) is 5.75 Å². The molecule has 3 rings (SSSR count). The van der Waals surface area contributed by atoms with Gasteiger partial charge in [0.15, 0.2) is 0 Å². The fraction of sp³-hybridized carbons (Fsp3) is 0.391. The highest BCUT2D eigenvalue weighted by Crippen LogP contribution is 2.35.